The molecule has 1 aromatic rings. The summed E-state index contributed by atoms with van der Waals surface area (Å²) < 4.78 is 42.4. The number of methoxy groups -OCH3 is 2. The lowest BCUT2D eigenvalue weighted by Crippen LogP contribution is -2.47. The van der Waals surface area contributed by atoms with Gasteiger partial charge in [0.15, 0.2) is 0 Å². The van der Waals surface area contributed by atoms with Crippen LogP contribution in [0.15, 0.2) is 23.1 Å². The molecule has 11 heteroatoms. The summed E-state index contributed by atoms with van der Waals surface area (Å²) >= 11 is 0. The minimum absolute atomic E-state index is 0.102. The van der Waals surface area contributed by atoms with Gasteiger partial charge in [0, 0.05) is 20.2 Å². The Kier molecular flexibility index (Phi) is 7.75. The summed E-state index contributed by atoms with van der Waals surface area (Å²) in [6, 6.07) is 4.56. The number of ether oxygens (including phenoxy) is 3. The van der Waals surface area contributed by atoms with Crippen LogP contribution in [0.4, 0.5) is 0 Å². The SMILES string of the molecule is COCCNC(=O)C(=O)NC[C@H]1OCCN1S(=O)(=O)c1ccc(OC)c(C)c1. The molecule has 2 amide bonds. The fraction of sp³-hybridized carbons (Fsp3) is 0.529. The van der Waals surface area contributed by atoms with Gasteiger partial charge in [-0.3, -0.25) is 9.59 Å². The van der Waals surface area contributed by atoms with Crippen molar-refractivity contribution in [2.75, 3.05) is 47.1 Å². The van der Waals surface area contributed by atoms with Crippen molar-refractivity contribution in [3.8, 4) is 5.75 Å². The molecule has 1 heterocycles. The predicted octanol–water partition coefficient (Wildman–Crippen LogP) is -0.771. The number of carbonyl (C=O) groups excluding carboxylic acids is 2. The molecule has 0 spiro atoms. The van der Waals surface area contributed by atoms with Crippen LogP contribution in [-0.2, 0) is 29.1 Å². The molecule has 0 bridgehead atoms. The van der Waals surface area contributed by atoms with Crippen LogP contribution in [0.3, 0.4) is 0 Å². The molecule has 10 nitrogen and oxygen atoms in total. The molecular weight excluding hydrogens is 390 g/mol. The van der Waals surface area contributed by atoms with E-state index in [2.05, 4.69) is 10.6 Å². The van der Waals surface area contributed by atoms with Crippen molar-refractivity contribution in [2.24, 2.45) is 0 Å². The number of carbonyl (C=O) groups is 2. The van der Waals surface area contributed by atoms with E-state index in [0.717, 1.165) is 4.31 Å². The monoisotopic (exact) mass is 415 g/mol. The Bertz CT molecular complexity index is 813. The summed E-state index contributed by atoms with van der Waals surface area (Å²) in [6.45, 7) is 2.41. The van der Waals surface area contributed by atoms with Crippen LogP contribution in [0.5, 0.6) is 5.75 Å². The number of hydrogen-bond acceptors (Lipinski definition) is 7. The first kappa shape index (κ1) is 22.1. The van der Waals surface area contributed by atoms with Crippen LogP contribution in [0.25, 0.3) is 0 Å². The quantitative estimate of drug-likeness (QED) is 0.422. The third kappa shape index (κ3) is 5.19. The largest absolute Gasteiger partial charge is 0.496 e. The normalized spacial score (nSPS) is 17.3. The van der Waals surface area contributed by atoms with Crippen molar-refractivity contribution >= 4 is 21.8 Å². The maximum absolute atomic E-state index is 12.9. The van der Waals surface area contributed by atoms with Gasteiger partial charge in [0.2, 0.25) is 10.0 Å². The van der Waals surface area contributed by atoms with Crippen molar-refractivity contribution < 1.29 is 32.2 Å². The second-order valence-electron chi connectivity index (χ2n) is 6.03. The molecule has 1 fully saturated rings. The average Bonchev–Trinajstić information content (AvgIpc) is 3.15. The molecule has 2 N–H and O–H groups in total. The Balaban J connectivity index is 2.02. The van der Waals surface area contributed by atoms with Gasteiger partial charge in [-0.05, 0) is 30.7 Å². The van der Waals surface area contributed by atoms with Gasteiger partial charge >= 0.3 is 11.8 Å². The molecule has 0 aromatic heterocycles. The Morgan fingerprint density at radius 2 is 1.96 bits per heavy atom. The number of nitrogens with one attached hydrogen (secondary N) is 2. The summed E-state index contributed by atoms with van der Waals surface area (Å²) in [7, 11) is -0.853. The van der Waals surface area contributed by atoms with Gasteiger partial charge in [0.05, 0.1) is 31.8 Å². The summed E-state index contributed by atoms with van der Waals surface area (Å²) in [5.41, 5.74) is 0.682. The first-order chi connectivity index (χ1) is 13.3. The maximum atomic E-state index is 12.9. The molecule has 156 valence electrons. The molecule has 1 aromatic carbocycles. The average molecular weight is 415 g/mol. The zero-order valence-corrected chi connectivity index (χ0v) is 16.9. The summed E-state index contributed by atoms with van der Waals surface area (Å²) in [5.74, 6) is -1.11. The highest BCUT2D eigenvalue weighted by atomic mass is 32.2. The van der Waals surface area contributed by atoms with Gasteiger partial charge in [0.1, 0.15) is 12.0 Å². The van der Waals surface area contributed by atoms with Crippen molar-refractivity contribution in [1.29, 1.82) is 0 Å². The molecule has 2 rings (SSSR count). The second kappa shape index (κ2) is 9.82. The highest BCUT2D eigenvalue weighted by molar-refractivity contribution is 7.89. The Hall–Kier alpha value is -2.21. The maximum Gasteiger partial charge on any atom is 0.309 e. The third-order valence-electron chi connectivity index (χ3n) is 4.15. The van der Waals surface area contributed by atoms with E-state index >= 15 is 0 Å². The zero-order valence-electron chi connectivity index (χ0n) is 16.1. The van der Waals surface area contributed by atoms with E-state index in [4.69, 9.17) is 14.2 Å². The van der Waals surface area contributed by atoms with Gasteiger partial charge in [-0.15, -0.1) is 0 Å². The number of benzene rings is 1. The van der Waals surface area contributed by atoms with Crippen LogP contribution in [0, 0.1) is 6.92 Å². The molecule has 0 radical (unpaired) electrons. The predicted molar refractivity (Wildman–Crippen MR) is 99.3 cm³/mol. The lowest BCUT2D eigenvalue weighted by atomic mass is 10.2. The molecule has 1 aliphatic heterocycles. The van der Waals surface area contributed by atoms with Crippen molar-refractivity contribution in [2.45, 2.75) is 18.0 Å². The summed E-state index contributed by atoms with van der Waals surface area (Å²) in [6.07, 6.45) is -0.900. The molecule has 28 heavy (non-hydrogen) atoms. The van der Waals surface area contributed by atoms with Crippen LogP contribution in [0.2, 0.25) is 0 Å². The van der Waals surface area contributed by atoms with Crippen LogP contribution in [-0.4, -0.2) is 77.8 Å². The number of nitrogens with zero attached hydrogens (tertiary/aromatic N) is 1. The lowest BCUT2D eigenvalue weighted by molar-refractivity contribution is -0.139. The molecular formula is C17H25N3O7S. The van der Waals surface area contributed by atoms with E-state index in [0.29, 0.717) is 11.3 Å². The second-order valence-corrected chi connectivity index (χ2v) is 7.92. The van der Waals surface area contributed by atoms with Crippen molar-refractivity contribution in [3.63, 3.8) is 0 Å². The standard InChI is InChI=1S/C17H25N3O7S/c1-12-10-13(4-5-14(12)26-3)28(23,24)20-7-9-27-15(20)11-19-17(22)16(21)18-6-8-25-2/h4-5,10,15H,6-9,11H2,1-3H3,(H,18,21)(H,19,22)/t15-/m1/s1. The minimum Gasteiger partial charge on any atom is -0.496 e. The van der Waals surface area contributed by atoms with E-state index < -0.39 is 28.1 Å². The molecule has 1 aliphatic rings. The number of hydrogen-bond donors (Lipinski definition) is 2. The first-order valence-electron chi connectivity index (χ1n) is 8.64. The molecule has 0 aliphatic carbocycles. The van der Waals surface area contributed by atoms with E-state index in [1.165, 1.54) is 26.4 Å². The van der Waals surface area contributed by atoms with Gasteiger partial charge in [-0.2, -0.15) is 4.31 Å². The smallest absolute Gasteiger partial charge is 0.309 e. The van der Waals surface area contributed by atoms with Crippen LogP contribution >= 0.6 is 0 Å². The Labute approximate surface area is 164 Å². The van der Waals surface area contributed by atoms with E-state index in [1.54, 1.807) is 13.0 Å². The Morgan fingerprint density at radius 1 is 1.25 bits per heavy atom. The molecule has 0 unspecified atom stereocenters. The number of aryl methyl sites for hydroxylation is 1. The van der Waals surface area contributed by atoms with Gasteiger partial charge in [-0.25, -0.2) is 8.42 Å². The summed E-state index contributed by atoms with van der Waals surface area (Å²) in [4.78, 5) is 23.6. The Morgan fingerprint density at radius 3 is 2.61 bits per heavy atom. The van der Waals surface area contributed by atoms with E-state index in [9.17, 15) is 18.0 Å². The van der Waals surface area contributed by atoms with Crippen LogP contribution in [0.1, 0.15) is 5.56 Å². The minimum atomic E-state index is -3.84. The molecule has 1 atom stereocenters. The summed E-state index contributed by atoms with van der Waals surface area (Å²) in [5, 5.41) is 4.77. The number of rotatable bonds is 8. The topological polar surface area (TPSA) is 123 Å². The third-order valence-corrected chi connectivity index (χ3v) is 6.04. The number of sulfonamides is 1. The fourth-order valence-corrected chi connectivity index (χ4v) is 4.29. The van der Waals surface area contributed by atoms with Crippen molar-refractivity contribution in [1.82, 2.24) is 14.9 Å². The molecule has 0 saturated carbocycles. The zero-order chi connectivity index (χ0) is 20.7. The van der Waals surface area contributed by atoms with E-state index in [1.807, 2.05) is 0 Å². The number of amides is 2. The van der Waals surface area contributed by atoms with Gasteiger partial charge in [0.25, 0.3) is 0 Å². The van der Waals surface area contributed by atoms with E-state index in [-0.39, 0.29) is 37.7 Å². The fourth-order valence-electron chi connectivity index (χ4n) is 2.70. The molecule has 1 saturated heterocycles. The van der Waals surface area contributed by atoms with Crippen molar-refractivity contribution in [3.05, 3.63) is 23.8 Å². The highest BCUT2D eigenvalue weighted by Crippen LogP contribution is 2.26. The highest BCUT2D eigenvalue weighted by Gasteiger charge is 2.36. The first-order valence-corrected chi connectivity index (χ1v) is 10.1. The van der Waals surface area contributed by atoms with Gasteiger partial charge < -0.3 is 24.8 Å². The van der Waals surface area contributed by atoms with Gasteiger partial charge in [-0.1, -0.05) is 0 Å². The van der Waals surface area contributed by atoms with Crippen LogP contribution < -0.4 is 15.4 Å². The lowest BCUT2D eigenvalue weighted by Gasteiger charge is -2.23.